The van der Waals surface area contributed by atoms with Gasteiger partial charge in [-0.2, -0.15) is 0 Å². The summed E-state index contributed by atoms with van der Waals surface area (Å²) in [6, 6.07) is 3.50. The Morgan fingerprint density at radius 1 is 0.957 bits per heavy atom. The molecule has 0 fully saturated rings. The van der Waals surface area contributed by atoms with Gasteiger partial charge in [0, 0.05) is 23.2 Å². The van der Waals surface area contributed by atoms with Gasteiger partial charge >= 0.3 is 0 Å². The second-order valence-corrected chi connectivity index (χ2v) is 10.4. The van der Waals surface area contributed by atoms with Crippen molar-refractivity contribution >= 4 is 17.3 Å². The normalized spacial score (nSPS) is 18.3. The van der Waals surface area contributed by atoms with Crippen LogP contribution in [0.3, 0.4) is 0 Å². The number of benzene rings is 1. The third-order valence-corrected chi connectivity index (χ3v) is 5.84. The van der Waals surface area contributed by atoms with Crippen molar-refractivity contribution in [2.75, 3.05) is 11.4 Å². The van der Waals surface area contributed by atoms with E-state index < -0.39 is 0 Å². The maximum absolute atomic E-state index is 14.2. The van der Waals surface area contributed by atoms with Gasteiger partial charge in [0.15, 0.2) is 0 Å². The van der Waals surface area contributed by atoms with Crippen molar-refractivity contribution < 1.29 is 4.39 Å². The lowest BCUT2D eigenvalue weighted by Gasteiger charge is -2.52. The van der Waals surface area contributed by atoms with Gasteiger partial charge in [-0.25, -0.2) is 4.39 Å². The molecule has 0 unspecified atom stereocenters. The summed E-state index contributed by atoms with van der Waals surface area (Å²) >= 11 is 6.19. The van der Waals surface area contributed by atoms with E-state index in [1.807, 2.05) is 6.07 Å². The molecular weight excluding hydrogens is 309 g/mol. The summed E-state index contributed by atoms with van der Waals surface area (Å²) in [6.45, 7) is 21.1. The first-order chi connectivity index (χ1) is 10.1. The van der Waals surface area contributed by atoms with Crippen LogP contribution in [0, 0.1) is 16.6 Å². The second-order valence-electron chi connectivity index (χ2n) is 9.95. The standard InChI is InChI=1S/C20H31ClFN/c1-17(2,3)20(18(4,5)6)12-23(19(7,8)9)16-11-15(22)14(21)10-13(16)20/h10-11H,12H2,1-9H3. The smallest absolute Gasteiger partial charge is 0.143 e. The average molecular weight is 340 g/mol. The van der Waals surface area contributed by atoms with Gasteiger partial charge in [0.05, 0.1) is 5.02 Å². The van der Waals surface area contributed by atoms with Gasteiger partial charge in [-0.3, -0.25) is 0 Å². The monoisotopic (exact) mass is 339 g/mol. The van der Waals surface area contributed by atoms with Crippen LogP contribution in [0.5, 0.6) is 0 Å². The lowest BCUT2D eigenvalue weighted by atomic mass is 9.52. The van der Waals surface area contributed by atoms with E-state index in [4.69, 9.17) is 11.6 Å². The largest absolute Gasteiger partial charge is 0.365 e. The molecule has 1 aliphatic heterocycles. The van der Waals surface area contributed by atoms with Crippen LogP contribution in [0.1, 0.15) is 67.9 Å². The Bertz CT molecular complexity index is 600. The van der Waals surface area contributed by atoms with Gasteiger partial charge in [0.1, 0.15) is 5.82 Å². The number of hydrogen-bond donors (Lipinski definition) is 0. The highest BCUT2D eigenvalue weighted by Crippen LogP contribution is 2.61. The quantitative estimate of drug-likeness (QED) is 0.526. The molecule has 2 rings (SSSR count). The summed E-state index contributed by atoms with van der Waals surface area (Å²) in [5.74, 6) is -0.335. The van der Waals surface area contributed by atoms with Crippen LogP contribution in [0.4, 0.5) is 10.1 Å². The first-order valence-electron chi connectivity index (χ1n) is 8.40. The van der Waals surface area contributed by atoms with Gasteiger partial charge in [0.2, 0.25) is 0 Å². The first kappa shape index (κ1) is 18.6. The molecule has 0 saturated heterocycles. The molecule has 3 heteroatoms. The molecule has 0 amide bonds. The molecule has 1 heterocycles. The number of hydrogen-bond acceptors (Lipinski definition) is 1. The van der Waals surface area contributed by atoms with Gasteiger partial charge in [0.25, 0.3) is 0 Å². The maximum Gasteiger partial charge on any atom is 0.143 e. The molecule has 0 atom stereocenters. The molecule has 23 heavy (non-hydrogen) atoms. The van der Waals surface area contributed by atoms with E-state index in [9.17, 15) is 4.39 Å². The van der Waals surface area contributed by atoms with Crippen LogP contribution >= 0.6 is 11.6 Å². The van der Waals surface area contributed by atoms with Crippen LogP contribution in [0.2, 0.25) is 5.02 Å². The summed E-state index contributed by atoms with van der Waals surface area (Å²) in [5, 5.41) is 0.220. The fourth-order valence-electron chi connectivity index (χ4n) is 4.51. The van der Waals surface area contributed by atoms with E-state index in [0.717, 1.165) is 12.2 Å². The van der Waals surface area contributed by atoms with E-state index in [0.29, 0.717) is 0 Å². The third-order valence-electron chi connectivity index (χ3n) is 5.55. The minimum atomic E-state index is -0.335. The number of halogens is 2. The summed E-state index contributed by atoms with van der Waals surface area (Å²) in [5.41, 5.74) is 2.01. The molecule has 1 aromatic rings. The highest BCUT2D eigenvalue weighted by molar-refractivity contribution is 6.31. The molecule has 0 aromatic heterocycles. The van der Waals surface area contributed by atoms with E-state index in [2.05, 4.69) is 67.2 Å². The van der Waals surface area contributed by atoms with Gasteiger partial charge in [-0.15, -0.1) is 0 Å². The zero-order valence-electron chi connectivity index (χ0n) is 16.1. The molecule has 130 valence electrons. The number of nitrogens with zero attached hydrogens (tertiary/aromatic N) is 1. The SMILES string of the molecule is CC(C)(C)N1CC(C(C)(C)C)(C(C)(C)C)c2cc(Cl)c(F)cc21. The van der Waals surface area contributed by atoms with Crippen LogP contribution in [-0.4, -0.2) is 12.1 Å². The topological polar surface area (TPSA) is 3.24 Å². The van der Waals surface area contributed by atoms with E-state index in [1.165, 1.54) is 5.56 Å². The Labute approximate surface area is 146 Å². The number of rotatable bonds is 0. The maximum atomic E-state index is 14.2. The number of anilines is 1. The summed E-state index contributed by atoms with van der Waals surface area (Å²) in [6.07, 6.45) is 0. The minimum Gasteiger partial charge on any atom is -0.365 e. The van der Waals surface area contributed by atoms with Crippen LogP contribution in [-0.2, 0) is 5.41 Å². The molecule has 1 nitrogen and oxygen atoms in total. The van der Waals surface area contributed by atoms with E-state index in [-0.39, 0.29) is 32.6 Å². The highest BCUT2D eigenvalue weighted by atomic mass is 35.5. The molecule has 1 aromatic carbocycles. The zero-order chi connectivity index (χ0) is 18.0. The molecule has 0 radical (unpaired) electrons. The highest BCUT2D eigenvalue weighted by Gasteiger charge is 2.58. The van der Waals surface area contributed by atoms with Crippen molar-refractivity contribution in [2.45, 2.75) is 73.3 Å². The van der Waals surface area contributed by atoms with Crippen LogP contribution in [0.25, 0.3) is 0 Å². The molecule has 0 bridgehead atoms. The molecule has 0 aliphatic carbocycles. The Morgan fingerprint density at radius 2 is 1.43 bits per heavy atom. The zero-order valence-corrected chi connectivity index (χ0v) is 16.8. The van der Waals surface area contributed by atoms with E-state index in [1.54, 1.807) is 6.07 Å². The van der Waals surface area contributed by atoms with Gasteiger partial charge in [-0.05, 0) is 49.3 Å². The molecule has 1 aliphatic rings. The number of fused-ring (bicyclic) bond motifs is 1. The van der Waals surface area contributed by atoms with Crippen molar-refractivity contribution in [1.82, 2.24) is 0 Å². The third kappa shape index (κ3) is 2.67. The molecule has 0 saturated carbocycles. The van der Waals surface area contributed by atoms with Crippen molar-refractivity contribution in [3.05, 3.63) is 28.5 Å². The predicted molar refractivity (Wildman–Crippen MR) is 99.1 cm³/mol. The Hall–Kier alpha value is -0.760. The Morgan fingerprint density at radius 3 is 1.83 bits per heavy atom. The van der Waals surface area contributed by atoms with Crippen molar-refractivity contribution in [2.24, 2.45) is 10.8 Å². The van der Waals surface area contributed by atoms with Crippen molar-refractivity contribution in [1.29, 1.82) is 0 Å². The molecule has 0 spiro atoms. The fourth-order valence-corrected chi connectivity index (χ4v) is 4.68. The summed E-state index contributed by atoms with van der Waals surface area (Å²) in [7, 11) is 0. The van der Waals surface area contributed by atoms with Crippen molar-refractivity contribution in [3.63, 3.8) is 0 Å². The van der Waals surface area contributed by atoms with Gasteiger partial charge < -0.3 is 4.90 Å². The predicted octanol–water partition coefficient (Wildman–Crippen LogP) is 6.43. The average Bonchev–Trinajstić information content (AvgIpc) is 2.63. The van der Waals surface area contributed by atoms with E-state index >= 15 is 0 Å². The fraction of sp³-hybridized carbons (Fsp3) is 0.700. The van der Waals surface area contributed by atoms with Crippen molar-refractivity contribution in [3.8, 4) is 0 Å². The van der Waals surface area contributed by atoms with Crippen LogP contribution < -0.4 is 4.90 Å². The summed E-state index contributed by atoms with van der Waals surface area (Å²) < 4.78 is 14.2. The molecule has 0 N–H and O–H groups in total. The summed E-state index contributed by atoms with van der Waals surface area (Å²) in [4.78, 5) is 2.35. The Balaban J connectivity index is 2.87. The first-order valence-corrected chi connectivity index (χ1v) is 8.78. The van der Waals surface area contributed by atoms with Gasteiger partial charge in [-0.1, -0.05) is 53.1 Å². The Kier molecular flexibility index (Phi) is 4.13. The lowest BCUT2D eigenvalue weighted by Crippen LogP contribution is -2.55. The second kappa shape index (κ2) is 5.12. The lowest BCUT2D eigenvalue weighted by molar-refractivity contribution is 0.0636. The molecular formula is C20H31ClFN. The minimum absolute atomic E-state index is 0.0150. The van der Waals surface area contributed by atoms with Crippen LogP contribution in [0.15, 0.2) is 12.1 Å².